The van der Waals surface area contributed by atoms with Crippen LogP contribution >= 0.6 is 0 Å². The Balaban J connectivity index is 1.89. The molecule has 2 heterocycles. The number of amides is 1. The van der Waals surface area contributed by atoms with Crippen molar-refractivity contribution in [3.8, 4) is 0 Å². The normalized spacial score (nSPS) is 26.6. The largest absolute Gasteiger partial charge is 0.480 e. The number of carbonyl (C=O) groups excluding carboxylic acids is 1. The van der Waals surface area contributed by atoms with Gasteiger partial charge in [-0.05, 0) is 31.8 Å². The molecule has 1 atom stereocenters. The molecule has 2 saturated heterocycles. The molecule has 2 fully saturated rings. The number of aliphatic carboxylic acids is 1. The molecule has 3 N–H and O–H groups in total. The second kappa shape index (κ2) is 6.34. The third kappa shape index (κ3) is 3.67. The Morgan fingerprint density at radius 3 is 2.68 bits per heavy atom. The van der Waals surface area contributed by atoms with Gasteiger partial charge in [0.05, 0.1) is 0 Å². The first-order chi connectivity index (χ1) is 9.12. The molecule has 2 aliphatic heterocycles. The summed E-state index contributed by atoms with van der Waals surface area (Å²) in [4.78, 5) is 23.5. The van der Waals surface area contributed by atoms with Crippen LogP contribution in [0.5, 0.6) is 0 Å². The lowest BCUT2D eigenvalue weighted by Crippen LogP contribution is -2.57. The fraction of sp³-hybridized carbons (Fsp3) is 0.846. The van der Waals surface area contributed by atoms with Crippen molar-refractivity contribution in [3.05, 3.63) is 0 Å². The Morgan fingerprint density at radius 2 is 2.11 bits per heavy atom. The molecular formula is C13H22N2O4. The molecule has 0 aromatic heterocycles. The van der Waals surface area contributed by atoms with Gasteiger partial charge in [-0.3, -0.25) is 4.79 Å². The number of piperidine rings is 1. The second-order valence-corrected chi connectivity index (χ2v) is 5.46. The molecule has 0 aliphatic carbocycles. The molecule has 1 unspecified atom stereocenters. The van der Waals surface area contributed by atoms with Crippen LogP contribution in [0, 0.1) is 5.92 Å². The van der Waals surface area contributed by atoms with Gasteiger partial charge in [0, 0.05) is 32.5 Å². The predicted molar refractivity (Wildman–Crippen MR) is 68.8 cm³/mol. The van der Waals surface area contributed by atoms with Crippen LogP contribution in [-0.4, -0.2) is 48.8 Å². The van der Waals surface area contributed by atoms with E-state index in [0.29, 0.717) is 38.4 Å². The van der Waals surface area contributed by atoms with Crippen LogP contribution in [0.4, 0.5) is 0 Å². The van der Waals surface area contributed by atoms with Crippen LogP contribution < -0.4 is 10.6 Å². The fourth-order valence-corrected chi connectivity index (χ4v) is 2.79. The summed E-state index contributed by atoms with van der Waals surface area (Å²) in [7, 11) is 0. The molecule has 1 amide bonds. The summed E-state index contributed by atoms with van der Waals surface area (Å²) in [6.45, 7) is 2.63. The molecule has 0 bridgehead atoms. The van der Waals surface area contributed by atoms with Crippen molar-refractivity contribution in [2.45, 2.75) is 37.6 Å². The zero-order valence-corrected chi connectivity index (χ0v) is 11.1. The van der Waals surface area contributed by atoms with Crippen LogP contribution in [0.25, 0.3) is 0 Å². The molecule has 108 valence electrons. The molecule has 6 heteroatoms. The van der Waals surface area contributed by atoms with E-state index in [-0.39, 0.29) is 5.91 Å². The lowest BCUT2D eigenvalue weighted by atomic mass is 9.89. The van der Waals surface area contributed by atoms with E-state index in [0.717, 1.165) is 25.9 Å². The van der Waals surface area contributed by atoms with Gasteiger partial charge in [0.25, 0.3) is 0 Å². The maximum atomic E-state index is 12.0. The standard InChI is InChI=1S/C13H22N2O4/c16-11(8-10-2-1-5-14-9-10)15-13(12(17)18)3-6-19-7-4-13/h10,14H,1-9H2,(H,15,16)(H,17,18). The molecule has 0 saturated carbocycles. The summed E-state index contributed by atoms with van der Waals surface area (Å²) >= 11 is 0. The highest BCUT2D eigenvalue weighted by Crippen LogP contribution is 2.22. The summed E-state index contributed by atoms with van der Waals surface area (Å²) in [6, 6.07) is 0. The molecule has 0 aromatic rings. The summed E-state index contributed by atoms with van der Waals surface area (Å²) in [6.07, 6.45) is 3.20. The predicted octanol–water partition coefficient (Wildman–Crippen LogP) is 0.126. The average Bonchev–Trinajstić information content (AvgIpc) is 2.40. The number of carboxylic acids is 1. The van der Waals surface area contributed by atoms with Crippen molar-refractivity contribution in [3.63, 3.8) is 0 Å². The molecule has 2 rings (SSSR count). The highest BCUT2D eigenvalue weighted by atomic mass is 16.5. The first kappa shape index (κ1) is 14.3. The maximum absolute atomic E-state index is 12.0. The number of carbonyl (C=O) groups is 2. The summed E-state index contributed by atoms with van der Waals surface area (Å²) in [5.74, 6) is -0.789. The molecule has 0 aromatic carbocycles. The van der Waals surface area contributed by atoms with Gasteiger partial charge in [-0.15, -0.1) is 0 Å². The minimum Gasteiger partial charge on any atom is -0.480 e. The Hall–Kier alpha value is -1.14. The Labute approximate surface area is 112 Å². The lowest BCUT2D eigenvalue weighted by Gasteiger charge is -2.34. The molecule has 2 aliphatic rings. The molecular weight excluding hydrogens is 248 g/mol. The minimum atomic E-state index is -1.13. The van der Waals surface area contributed by atoms with Crippen molar-refractivity contribution in [2.24, 2.45) is 5.92 Å². The topological polar surface area (TPSA) is 87.7 Å². The number of rotatable bonds is 4. The van der Waals surface area contributed by atoms with Crippen LogP contribution in [0.1, 0.15) is 32.1 Å². The zero-order valence-electron chi connectivity index (χ0n) is 11.1. The number of hydrogen-bond donors (Lipinski definition) is 3. The van der Waals surface area contributed by atoms with Gasteiger partial charge >= 0.3 is 5.97 Å². The minimum absolute atomic E-state index is 0.155. The number of carboxylic acid groups (broad SMARTS) is 1. The molecule has 0 radical (unpaired) electrons. The number of nitrogens with one attached hydrogen (secondary N) is 2. The van der Waals surface area contributed by atoms with E-state index in [4.69, 9.17) is 4.74 Å². The monoisotopic (exact) mass is 270 g/mol. The van der Waals surface area contributed by atoms with Gasteiger partial charge in [-0.25, -0.2) is 4.79 Å². The third-order valence-corrected chi connectivity index (χ3v) is 4.01. The van der Waals surface area contributed by atoms with E-state index < -0.39 is 11.5 Å². The van der Waals surface area contributed by atoms with Gasteiger partial charge < -0.3 is 20.5 Å². The van der Waals surface area contributed by atoms with Crippen molar-refractivity contribution in [1.29, 1.82) is 0 Å². The highest BCUT2D eigenvalue weighted by molar-refractivity contribution is 5.87. The molecule has 19 heavy (non-hydrogen) atoms. The number of ether oxygens (including phenoxy) is 1. The van der Waals surface area contributed by atoms with Gasteiger partial charge in [0.2, 0.25) is 5.91 Å². The van der Waals surface area contributed by atoms with Gasteiger partial charge in [-0.1, -0.05) is 0 Å². The zero-order chi connectivity index (χ0) is 13.7. The summed E-state index contributed by atoms with van der Waals surface area (Å²) in [5.41, 5.74) is -1.13. The first-order valence-corrected chi connectivity index (χ1v) is 6.95. The highest BCUT2D eigenvalue weighted by Gasteiger charge is 2.41. The second-order valence-electron chi connectivity index (χ2n) is 5.46. The Kier molecular flexibility index (Phi) is 4.76. The van der Waals surface area contributed by atoms with Crippen molar-refractivity contribution in [2.75, 3.05) is 26.3 Å². The van der Waals surface area contributed by atoms with Crippen LogP contribution in [0.2, 0.25) is 0 Å². The SMILES string of the molecule is O=C(CC1CCCNC1)NC1(C(=O)O)CCOCC1. The van der Waals surface area contributed by atoms with Crippen LogP contribution in [-0.2, 0) is 14.3 Å². The third-order valence-electron chi connectivity index (χ3n) is 4.01. The maximum Gasteiger partial charge on any atom is 0.329 e. The van der Waals surface area contributed by atoms with Gasteiger partial charge in [-0.2, -0.15) is 0 Å². The fourth-order valence-electron chi connectivity index (χ4n) is 2.79. The van der Waals surface area contributed by atoms with Crippen LogP contribution in [0.3, 0.4) is 0 Å². The van der Waals surface area contributed by atoms with Gasteiger partial charge in [0.15, 0.2) is 0 Å². The van der Waals surface area contributed by atoms with E-state index in [9.17, 15) is 14.7 Å². The number of hydrogen-bond acceptors (Lipinski definition) is 4. The van der Waals surface area contributed by atoms with Gasteiger partial charge in [0.1, 0.15) is 5.54 Å². The first-order valence-electron chi connectivity index (χ1n) is 6.95. The summed E-state index contributed by atoms with van der Waals surface area (Å²) in [5, 5.41) is 15.4. The average molecular weight is 270 g/mol. The summed E-state index contributed by atoms with van der Waals surface area (Å²) < 4.78 is 5.18. The van der Waals surface area contributed by atoms with Crippen molar-refractivity contribution in [1.82, 2.24) is 10.6 Å². The van der Waals surface area contributed by atoms with E-state index in [1.807, 2.05) is 0 Å². The molecule has 6 nitrogen and oxygen atoms in total. The van der Waals surface area contributed by atoms with E-state index in [1.165, 1.54) is 0 Å². The van der Waals surface area contributed by atoms with Crippen molar-refractivity contribution < 1.29 is 19.4 Å². The van der Waals surface area contributed by atoms with E-state index in [2.05, 4.69) is 10.6 Å². The smallest absolute Gasteiger partial charge is 0.329 e. The Bertz CT molecular complexity index is 334. The van der Waals surface area contributed by atoms with E-state index >= 15 is 0 Å². The Morgan fingerprint density at radius 1 is 1.37 bits per heavy atom. The van der Waals surface area contributed by atoms with E-state index in [1.54, 1.807) is 0 Å². The quantitative estimate of drug-likeness (QED) is 0.675. The molecule has 0 spiro atoms. The van der Waals surface area contributed by atoms with Crippen molar-refractivity contribution >= 4 is 11.9 Å². The lowest BCUT2D eigenvalue weighted by molar-refractivity contribution is -0.152. The van der Waals surface area contributed by atoms with Crippen LogP contribution in [0.15, 0.2) is 0 Å².